The molecule has 154 valence electrons. The first-order chi connectivity index (χ1) is 13.1. The lowest BCUT2D eigenvalue weighted by Gasteiger charge is -2.30. The third-order valence-corrected chi connectivity index (χ3v) is 5.09. The van der Waals surface area contributed by atoms with Gasteiger partial charge in [-0.3, -0.25) is 9.69 Å². The quantitative estimate of drug-likeness (QED) is 0.446. The SMILES string of the molecule is CCCCCOC(=O)C1CCCN1C(=O)C1CCCN1C(=O)OCCOC. The second kappa shape index (κ2) is 11.1. The molecular weight excluding hydrogens is 352 g/mol. The molecule has 0 radical (unpaired) electrons. The van der Waals surface area contributed by atoms with Crippen molar-refractivity contribution in [2.75, 3.05) is 40.0 Å². The van der Waals surface area contributed by atoms with E-state index in [1.807, 2.05) is 0 Å². The summed E-state index contributed by atoms with van der Waals surface area (Å²) in [5, 5.41) is 0. The first-order valence-corrected chi connectivity index (χ1v) is 9.99. The Morgan fingerprint density at radius 3 is 2.30 bits per heavy atom. The van der Waals surface area contributed by atoms with Crippen molar-refractivity contribution in [2.45, 2.75) is 64.0 Å². The van der Waals surface area contributed by atoms with Crippen LogP contribution in [0.4, 0.5) is 4.79 Å². The van der Waals surface area contributed by atoms with Crippen molar-refractivity contribution < 1.29 is 28.6 Å². The van der Waals surface area contributed by atoms with Crippen LogP contribution in [0.5, 0.6) is 0 Å². The minimum absolute atomic E-state index is 0.156. The average molecular weight is 384 g/mol. The van der Waals surface area contributed by atoms with E-state index >= 15 is 0 Å². The minimum atomic E-state index is -0.562. The number of methoxy groups -OCH3 is 1. The Morgan fingerprint density at radius 2 is 1.59 bits per heavy atom. The van der Waals surface area contributed by atoms with Crippen molar-refractivity contribution in [1.29, 1.82) is 0 Å². The van der Waals surface area contributed by atoms with Gasteiger partial charge in [-0.05, 0) is 32.1 Å². The van der Waals surface area contributed by atoms with Gasteiger partial charge in [0.15, 0.2) is 0 Å². The fourth-order valence-electron chi connectivity index (χ4n) is 3.63. The molecule has 2 heterocycles. The van der Waals surface area contributed by atoms with Gasteiger partial charge in [-0.2, -0.15) is 0 Å². The normalized spacial score (nSPS) is 22.1. The predicted molar refractivity (Wildman–Crippen MR) is 98.2 cm³/mol. The monoisotopic (exact) mass is 384 g/mol. The number of hydrogen-bond donors (Lipinski definition) is 0. The van der Waals surface area contributed by atoms with Gasteiger partial charge in [-0.25, -0.2) is 9.59 Å². The molecule has 2 atom stereocenters. The zero-order chi connectivity index (χ0) is 19.6. The van der Waals surface area contributed by atoms with Gasteiger partial charge >= 0.3 is 12.1 Å². The molecule has 0 spiro atoms. The highest BCUT2D eigenvalue weighted by Gasteiger charge is 2.43. The zero-order valence-electron chi connectivity index (χ0n) is 16.5. The molecular formula is C19H32N2O6. The van der Waals surface area contributed by atoms with Gasteiger partial charge in [0.2, 0.25) is 5.91 Å². The molecule has 8 nitrogen and oxygen atoms in total. The molecule has 0 aromatic heterocycles. The van der Waals surface area contributed by atoms with Crippen molar-refractivity contribution in [3.8, 4) is 0 Å². The highest BCUT2D eigenvalue weighted by Crippen LogP contribution is 2.26. The summed E-state index contributed by atoms with van der Waals surface area (Å²) in [6, 6.07) is -1.10. The van der Waals surface area contributed by atoms with Crippen LogP contribution in [0, 0.1) is 0 Å². The first-order valence-electron chi connectivity index (χ1n) is 9.99. The third kappa shape index (κ3) is 5.82. The van der Waals surface area contributed by atoms with Crippen LogP contribution >= 0.6 is 0 Å². The number of likely N-dealkylation sites (tertiary alicyclic amines) is 2. The van der Waals surface area contributed by atoms with Crippen LogP contribution in [-0.4, -0.2) is 79.9 Å². The summed E-state index contributed by atoms with van der Waals surface area (Å²) in [6.45, 7) is 3.97. The van der Waals surface area contributed by atoms with E-state index in [1.54, 1.807) is 4.90 Å². The molecule has 2 saturated heterocycles. The highest BCUT2D eigenvalue weighted by atomic mass is 16.6. The molecule has 0 bridgehead atoms. The smallest absolute Gasteiger partial charge is 0.410 e. The highest BCUT2D eigenvalue weighted by molar-refractivity contribution is 5.90. The molecule has 0 saturated carbocycles. The van der Waals surface area contributed by atoms with Gasteiger partial charge in [0.05, 0.1) is 13.2 Å². The number of hydrogen-bond acceptors (Lipinski definition) is 6. The van der Waals surface area contributed by atoms with E-state index in [1.165, 1.54) is 12.0 Å². The third-order valence-electron chi connectivity index (χ3n) is 5.09. The van der Waals surface area contributed by atoms with Crippen LogP contribution in [0.1, 0.15) is 51.9 Å². The Balaban J connectivity index is 1.91. The van der Waals surface area contributed by atoms with E-state index in [0.717, 1.165) is 32.1 Å². The van der Waals surface area contributed by atoms with E-state index in [-0.39, 0.29) is 18.5 Å². The van der Waals surface area contributed by atoms with Crippen LogP contribution in [-0.2, 0) is 23.8 Å². The molecule has 27 heavy (non-hydrogen) atoms. The fraction of sp³-hybridized carbons (Fsp3) is 0.842. The van der Waals surface area contributed by atoms with E-state index in [9.17, 15) is 14.4 Å². The predicted octanol–water partition coefficient (Wildman–Crippen LogP) is 1.96. The Hall–Kier alpha value is -1.83. The van der Waals surface area contributed by atoms with Gasteiger partial charge in [-0.1, -0.05) is 19.8 Å². The number of carbonyl (C=O) groups excluding carboxylic acids is 3. The lowest BCUT2D eigenvalue weighted by Crippen LogP contribution is -2.51. The Morgan fingerprint density at radius 1 is 0.889 bits per heavy atom. The van der Waals surface area contributed by atoms with Gasteiger partial charge in [-0.15, -0.1) is 0 Å². The average Bonchev–Trinajstić information content (AvgIpc) is 3.34. The zero-order valence-corrected chi connectivity index (χ0v) is 16.5. The first kappa shape index (κ1) is 21.5. The fourth-order valence-corrected chi connectivity index (χ4v) is 3.63. The van der Waals surface area contributed by atoms with Crippen molar-refractivity contribution in [3.63, 3.8) is 0 Å². The molecule has 8 heteroatoms. The number of unbranched alkanes of at least 4 members (excludes halogenated alkanes) is 2. The lowest BCUT2D eigenvalue weighted by atomic mass is 10.1. The van der Waals surface area contributed by atoms with Crippen LogP contribution in [0.2, 0.25) is 0 Å². The maximum Gasteiger partial charge on any atom is 0.410 e. The minimum Gasteiger partial charge on any atom is -0.464 e. The number of amides is 2. The summed E-state index contributed by atoms with van der Waals surface area (Å²) in [5.41, 5.74) is 0. The number of nitrogens with zero attached hydrogens (tertiary/aromatic N) is 2. The Labute approximate surface area is 161 Å². The van der Waals surface area contributed by atoms with Crippen molar-refractivity contribution in [3.05, 3.63) is 0 Å². The summed E-state index contributed by atoms with van der Waals surface area (Å²) in [5.74, 6) is -0.506. The maximum atomic E-state index is 13.0. The molecule has 2 aliphatic rings. The van der Waals surface area contributed by atoms with Gasteiger partial charge in [0.1, 0.15) is 18.7 Å². The van der Waals surface area contributed by atoms with E-state index in [2.05, 4.69) is 6.92 Å². The van der Waals surface area contributed by atoms with Gasteiger partial charge in [0.25, 0.3) is 0 Å². The summed E-state index contributed by atoms with van der Waals surface area (Å²) in [4.78, 5) is 40.7. The van der Waals surface area contributed by atoms with Crippen molar-refractivity contribution in [2.24, 2.45) is 0 Å². The molecule has 0 aromatic rings. The van der Waals surface area contributed by atoms with Crippen LogP contribution in [0.15, 0.2) is 0 Å². The number of carbonyl (C=O) groups is 3. The molecule has 2 fully saturated rings. The number of esters is 1. The summed E-state index contributed by atoms with van der Waals surface area (Å²) >= 11 is 0. The van der Waals surface area contributed by atoms with Crippen molar-refractivity contribution >= 4 is 18.0 Å². The van der Waals surface area contributed by atoms with Crippen LogP contribution < -0.4 is 0 Å². The van der Waals surface area contributed by atoms with Crippen LogP contribution in [0.25, 0.3) is 0 Å². The molecule has 2 rings (SSSR count). The maximum absolute atomic E-state index is 13.0. The molecule has 0 aromatic carbocycles. The largest absolute Gasteiger partial charge is 0.464 e. The summed E-state index contributed by atoms with van der Waals surface area (Å²) in [6.07, 6.45) is 5.14. The topological polar surface area (TPSA) is 85.4 Å². The van der Waals surface area contributed by atoms with Crippen molar-refractivity contribution in [1.82, 2.24) is 9.80 Å². The van der Waals surface area contributed by atoms with E-state index in [4.69, 9.17) is 14.2 Å². The summed E-state index contributed by atoms with van der Waals surface area (Å²) < 4.78 is 15.4. The second-order valence-electron chi connectivity index (χ2n) is 7.02. The molecule has 0 aliphatic carbocycles. The van der Waals surface area contributed by atoms with E-state index in [0.29, 0.717) is 39.1 Å². The lowest BCUT2D eigenvalue weighted by molar-refractivity contribution is -0.154. The molecule has 0 N–H and O–H groups in total. The Bertz CT molecular complexity index is 512. The molecule has 2 unspecified atom stereocenters. The van der Waals surface area contributed by atoms with Crippen LogP contribution in [0.3, 0.4) is 0 Å². The molecule has 2 amide bonds. The van der Waals surface area contributed by atoms with Gasteiger partial charge in [0, 0.05) is 20.2 Å². The number of ether oxygens (including phenoxy) is 3. The molecule has 2 aliphatic heterocycles. The van der Waals surface area contributed by atoms with E-state index < -0.39 is 18.2 Å². The van der Waals surface area contributed by atoms with Gasteiger partial charge < -0.3 is 19.1 Å². The number of rotatable bonds is 9. The standard InChI is InChI=1S/C19H32N2O6/c1-3-4-5-12-26-18(23)16-9-7-10-20(16)17(22)15-8-6-11-21(15)19(24)27-14-13-25-2/h15-16H,3-14H2,1-2H3. The Kier molecular flexibility index (Phi) is 8.84. The summed E-state index contributed by atoms with van der Waals surface area (Å²) in [7, 11) is 1.53. The second-order valence-corrected chi connectivity index (χ2v) is 7.02.